The van der Waals surface area contributed by atoms with Crippen molar-refractivity contribution in [3.8, 4) is 6.07 Å². The third-order valence-corrected chi connectivity index (χ3v) is 5.05. The number of nitrogens with one attached hydrogen (secondary N) is 1. The number of benzene rings is 1. The number of sulfonamides is 1. The van der Waals surface area contributed by atoms with E-state index in [9.17, 15) is 21.6 Å². The van der Waals surface area contributed by atoms with Crippen molar-refractivity contribution in [2.24, 2.45) is 5.92 Å². The van der Waals surface area contributed by atoms with E-state index in [4.69, 9.17) is 5.26 Å². The van der Waals surface area contributed by atoms with Crippen molar-refractivity contribution in [3.05, 3.63) is 29.8 Å². The van der Waals surface area contributed by atoms with Gasteiger partial charge in [-0.1, -0.05) is 0 Å². The summed E-state index contributed by atoms with van der Waals surface area (Å²) in [5.74, 6) is -0.0632. The smallest absolute Gasteiger partial charge is 0.207 e. The van der Waals surface area contributed by atoms with Crippen molar-refractivity contribution in [2.45, 2.75) is 36.4 Å². The lowest BCUT2D eigenvalue weighted by Crippen LogP contribution is -2.46. The summed E-state index contributed by atoms with van der Waals surface area (Å²) < 4.78 is 63.9. The van der Waals surface area contributed by atoms with Crippen LogP contribution in [-0.2, 0) is 16.2 Å². The number of hydrogen-bond acceptors (Lipinski definition) is 3. The fraction of sp³-hybridized carbons (Fsp3) is 0.462. The van der Waals surface area contributed by atoms with Crippen molar-refractivity contribution in [3.63, 3.8) is 0 Å². The molecule has 1 saturated carbocycles. The Bertz CT molecular complexity index is 673. The summed E-state index contributed by atoms with van der Waals surface area (Å²) in [5, 5.41) is 9.13. The lowest BCUT2D eigenvalue weighted by molar-refractivity contribution is -0.137. The number of halogens is 3. The maximum atomic E-state index is 12.4. The molecule has 0 aliphatic heterocycles. The molecule has 1 fully saturated rings. The van der Waals surface area contributed by atoms with Crippen LogP contribution in [0.15, 0.2) is 29.2 Å². The molecule has 0 spiro atoms. The Morgan fingerprint density at radius 1 is 1.24 bits per heavy atom. The molecule has 1 aliphatic rings. The molecule has 2 rings (SSSR count). The molecule has 1 aromatic carbocycles. The number of hydrogen-bond donors (Lipinski definition) is 1. The predicted octanol–water partition coefficient (Wildman–Crippen LogP) is 2.68. The highest BCUT2D eigenvalue weighted by Gasteiger charge is 2.44. The van der Waals surface area contributed by atoms with Crippen LogP contribution in [0.2, 0.25) is 0 Å². The zero-order valence-corrected chi connectivity index (χ0v) is 11.9. The van der Waals surface area contributed by atoms with Crippen LogP contribution < -0.4 is 4.72 Å². The Morgan fingerprint density at radius 2 is 1.76 bits per heavy atom. The number of alkyl halides is 3. The predicted molar refractivity (Wildman–Crippen MR) is 68.5 cm³/mol. The van der Waals surface area contributed by atoms with E-state index in [0.29, 0.717) is 12.1 Å². The fourth-order valence-electron chi connectivity index (χ4n) is 2.02. The minimum Gasteiger partial charge on any atom is -0.207 e. The lowest BCUT2D eigenvalue weighted by Gasteiger charge is -2.22. The molecular weight excluding hydrogens is 305 g/mol. The van der Waals surface area contributed by atoms with Gasteiger partial charge in [0.25, 0.3) is 0 Å². The van der Waals surface area contributed by atoms with E-state index in [-0.39, 0.29) is 10.8 Å². The second-order valence-corrected chi connectivity index (χ2v) is 6.90. The summed E-state index contributed by atoms with van der Waals surface area (Å²) >= 11 is 0. The lowest BCUT2D eigenvalue weighted by atomic mass is 10.0. The molecule has 4 nitrogen and oxygen atoms in total. The van der Waals surface area contributed by atoms with Gasteiger partial charge in [0.1, 0.15) is 5.54 Å². The van der Waals surface area contributed by atoms with Crippen molar-refractivity contribution >= 4 is 10.0 Å². The van der Waals surface area contributed by atoms with Crippen molar-refractivity contribution in [1.29, 1.82) is 5.26 Å². The molecule has 0 saturated heterocycles. The van der Waals surface area contributed by atoms with Crippen LogP contribution in [-0.4, -0.2) is 14.0 Å². The molecule has 8 heteroatoms. The van der Waals surface area contributed by atoms with E-state index in [0.717, 1.165) is 25.0 Å². The van der Waals surface area contributed by atoms with Crippen LogP contribution in [0, 0.1) is 17.2 Å². The molecule has 1 aliphatic carbocycles. The van der Waals surface area contributed by atoms with Gasteiger partial charge in [0.2, 0.25) is 10.0 Å². The first-order valence-electron chi connectivity index (χ1n) is 6.21. The van der Waals surface area contributed by atoms with Gasteiger partial charge in [-0.25, -0.2) is 8.42 Å². The molecule has 0 radical (unpaired) electrons. The first-order valence-corrected chi connectivity index (χ1v) is 7.69. The van der Waals surface area contributed by atoms with Gasteiger partial charge >= 0.3 is 6.18 Å². The molecule has 1 N–H and O–H groups in total. The largest absolute Gasteiger partial charge is 0.416 e. The zero-order valence-electron chi connectivity index (χ0n) is 11.1. The maximum Gasteiger partial charge on any atom is 0.416 e. The van der Waals surface area contributed by atoms with Gasteiger partial charge < -0.3 is 0 Å². The Morgan fingerprint density at radius 3 is 2.14 bits per heavy atom. The molecule has 1 atom stereocenters. The van der Waals surface area contributed by atoms with Gasteiger partial charge in [-0.05, 0) is 49.9 Å². The quantitative estimate of drug-likeness (QED) is 0.928. The third-order valence-electron chi connectivity index (χ3n) is 3.46. The minimum atomic E-state index is -4.52. The zero-order chi connectivity index (χ0) is 15.9. The van der Waals surface area contributed by atoms with Crippen LogP contribution in [0.25, 0.3) is 0 Å². The molecule has 0 amide bonds. The van der Waals surface area contributed by atoms with E-state index in [1.807, 2.05) is 6.07 Å². The number of rotatable bonds is 4. The second-order valence-electron chi connectivity index (χ2n) is 5.22. The molecule has 0 heterocycles. The summed E-state index contributed by atoms with van der Waals surface area (Å²) in [6, 6.07) is 5.11. The van der Waals surface area contributed by atoms with Crippen LogP contribution >= 0.6 is 0 Å². The Kier molecular flexibility index (Phi) is 3.76. The molecule has 0 bridgehead atoms. The highest BCUT2D eigenvalue weighted by atomic mass is 32.2. The Hall–Kier alpha value is -1.59. The maximum absolute atomic E-state index is 12.4. The first-order chi connectivity index (χ1) is 9.58. The van der Waals surface area contributed by atoms with Crippen LogP contribution in [0.5, 0.6) is 0 Å². The highest BCUT2D eigenvalue weighted by Crippen LogP contribution is 2.40. The first kappa shape index (κ1) is 15.8. The minimum absolute atomic E-state index is 0.0632. The second kappa shape index (κ2) is 5.00. The standard InChI is InChI=1S/C13H13F3N2O2S/c1-12(8-17,9-2-3-9)18-21(19,20)11-6-4-10(5-7-11)13(14,15)16/h4-7,9,18H,2-3H2,1H3/t12-/m0/s1. The average molecular weight is 318 g/mol. The normalized spacial score (nSPS) is 18.8. The molecule has 114 valence electrons. The van der Waals surface area contributed by atoms with Gasteiger partial charge in [0.15, 0.2) is 0 Å². The van der Waals surface area contributed by atoms with Gasteiger partial charge in [0.05, 0.1) is 16.5 Å². The van der Waals surface area contributed by atoms with Gasteiger partial charge in [0, 0.05) is 0 Å². The summed E-state index contributed by atoms with van der Waals surface area (Å²) in [7, 11) is -4.04. The van der Waals surface area contributed by atoms with E-state index in [1.54, 1.807) is 0 Å². The summed E-state index contributed by atoms with van der Waals surface area (Å²) in [5.41, 5.74) is -2.16. The van der Waals surface area contributed by atoms with Crippen LogP contribution in [0.3, 0.4) is 0 Å². The molecule has 0 aromatic heterocycles. The average Bonchev–Trinajstić information content (AvgIpc) is 3.22. The molecule has 21 heavy (non-hydrogen) atoms. The monoisotopic (exact) mass is 318 g/mol. The topological polar surface area (TPSA) is 70.0 Å². The summed E-state index contributed by atoms with van der Waals surface area (Å²) in [6.07, 6.45) is -3.02. The van der Waals surface area contributed by atoms with Crippen LogP contribution in [0.4, 0.5) is 13.2 Å². The summed E-state index contributed by atoms with van der Waals surface area (Å²) in [4.78, 5) is -0.294. The van der Waals surface area contributed by atoms with Crippen molar-refractivity contribution in [1.82, 2.24) is 4.72 Å². The highest BCUT2D eigenvalue weighted by molar-refractivity contribution is 7.89. The van der Waals surface area contributed by atoms with Crippen LogP contribution in [0.1, 0.15) is 25.3 Å². The van der Waals surface area contributed by atoms with Gasteiger partial charge in [-0.2, -0.15) is 23.2 Å². The van der Waals surface area contributed by atoms with Crippen molar-refractivity contribution < 1.29 is 21.6 Å². The van der Waals surface area contributed by atoms with Gasteiger partial charge in [-0.15, -0.1) is 0 Å². The van der Waals surface area contributed by atoms with Gasteiger partial charge in [-0.3, -0.25) is 0 Å². The molecular formula is C13H13F3N2O2S. The number of nitriles is 1. The molecule has 1 aromatic rings. The van der Waals surface area contributed by atoms with E-state index >= 15 is 0 Å². The molecule has 0 unspecified atom stereocenters. The fourth-order valence-corrected chi connectivity index (χ4v) is 3.40. The van der Waals surface area contributed by atoms with E-state index in [2.05, 4.69) is 4.72 Å². The van der Waals surface area contributed by atoms with E-state index < -0.39 is 27.3 Å². The van der Waals surface area contributed by atoms with Crippen molar-refractivity contribution in [2.75, 3.05) is 0 Å². The third kappa shape index (κ3) is 3.36. The SMILES string of the molecule is C[C@@](C#N)(NS(=O)(=O)c1ccc(C(F)(F)F)cc1)C1CC1. The Balaban J connectivity index is 2.26. The number of nitrogens with zero attached hydrogens (tertiary/aromatic N) is 1. The summed E-state index contributed by atoms with van der Waals surface area (Å²) in [6.45, 7) is 1.48. The van der Waals surface area contributed by atoms with E-state index in [1.165, 1.54) is 6.92 Å². The Labute approximate surface area is 120 Å².